The Labute approximate surface area is 66.3 Å². The molecule has 0 radical (unpaired) electrons. The third kappa shape index (κ3) is 3.92. The summed E-state index contributed by atoms with van der Waals surface area (Å²) in [5.41, 5.74) is 0. The van der Waals surface area contributed by atoms with Crippen LogP contribution in [0.4, 0.5) is 0 Å². The largest absolute Gasteiger partial charge is 0.437 e. The first-order valence-electron chi connectivity index (χ1n) is 3.39. The molecule has 0 aromatic carbocycles. The molecule has 0 aliphatic rings. The van der Waals surface area contributed by atoms with Crippen LogP contribution in [0.15, 0.2) is 0 Å². The molecular formula is C6H15N3O2. The van der Waals surface area contributed by atoms with E-state index >= 15 is 0 Å². The Morgan fingerprint density at radius 2 is 2.00 bits per heavy atom. The highest BCUT2D eigenvalue weighted by Crippen LogP contribution is 1.89. The van der Waals surface area contributed by atoms with Gasteiger partial charge in [0.15, 0.2) is 0 Å². The molecule has 0 aliphatic carbocycles. The van der Waals surface area contributed by atoms with Gasteiger partial charge in [-0.15, -0.1) is 0 Å². The van der Waals surface area contributed by atoms with Crippen LogP contribution in [-0.4, -0.2) is 37.6 Å². The molecule has 0 saturated heterocycles. The van der Waals surface area contributed by atoms with Gasteiger partial charge in [0, 0.05) is 0 Å². The Bertz CT molecular complexity index is 129. The van der Waals surface area contributed by atoms with Crippen molar-refractivity contribution in [3.05, 3.63) is 0 Å². The molecule has 0 saturated carbocycles. The minimum atomic E-state index is -1.10. The minimum absolute atomic E-state index is 0.00866. The first-order chi connectivity index (χ1) is 5.11. The highest BCUT2D eigenvalue weighted by atomic mass is 16.6. The molecule has 0 aliphatic heterocycles. The molecule has 4 N–H and O–H groups in total. The third-order valence-corrected chi connectivity index (χ3v) is 1.31. The van der Waals surface area contributed by atoms with Gasteiger partial charge in [0.1, 0.15) is 0 Å². The molecule has 2 atom stereocenters. The second-order valence-electron chi connectivity index (χ2n) is 2.13. The van der Waals surface area contributed by atoms with Crippen LogP contribution in [0.25, 0.3) is 0 Å². The van der Waals surface area contributed by atoms with E-state index in [1.54, 1.807) is 21.0 Å². The Hall–Kier alpha value is -0.650. The number of nitrogens with one attached hydrogen (secondary N) is 3. The Kier molecular flexibility index (Phi) is 4.76. The second kappa shape index (κ2) is 5.06. The maximum atomic E-state index is 8.87. The summed E-state index contributed by atoms with van der Waals surface area (Å²) < 4.78 is 4.72. The first-order valence-corrected chi connectivity index (χ1v) is 3.39. The van der Waals surface area contributed by atoms with E-state index in [1.807, 2.05) is 0 Å². The predicted molar refractivity (Wildman–Crippen MR) is 42.4 cm³/mol. The van der Waals surface area contributed by atoms with Crippen LogP contribution < -0.4 is 10.6 Å². The summed E-state index contributed by atoms with van der Waals surface area (Å²) in [5.74, 6) is 0.00866. The van der Waals surface area contributed by atoms with Crippen LogP contribution in [0.1, 0.15) is 6.92 Å². The van der Waals surface area contributed by atoms with Gasteiger partial charge < -0.3 is 15.2 Å². The molecule has 0 spiro atoms. The van der Waals surface area contributed by atoms with Gasteiger partial charge in [-0.05, 0) is 21.0 Å². The summed E-state index contributed by atoms with van der Waals surface area (Å²) in [5, 5.41) is 21.4. The number of ether oxygens (including phenoxy) is 1. The average Bonchev–Trinajstić information content (AvgIpc) is 2.02. The minimum Gasteiger partial charge on any atom is -0.437 e. The van der Waals surface area contributed by atoms with E-state index < -0.39 is 6.41 Å². The lowest BCUT2D eigenvalue weighted by atomic mass is 10.3. The standard InChI is InChI=1S/C6H15N3O2/c1-4(8-2)5(7)11-6(10)9-3/h4,6-10H,1-3H3/t4-,6?/m1/s1. The molecule has 0 heterocycles. The normalized spacial score (nSPS) is 15.6. The van der Waals surface area contributed by atoms with Crippen molar-refractivity contribution < 1.29 is 9.84 Å². The van der Waals surface area contributed by atoms with Gasteiger partial charge in [-0.3, -0.25) is 10.7 Å². The van der Waals surface area contributed by atoms with Gasteiger partial charge in [-0.1, -0.05) is 0 Å². The van der Waals surface area contributed by atoms with E-state index in [4.69, 9.17) is 15.3 Å². The highest BCUT2D eigenvalue weighted by molar-refractivity contribution is 5.78. The molecule has 5 nitrogen and oxygen atoms in total. The summed E-state index contributed by atoms with van der Waals surface area (Å²) in [6.45, 7) is 1.77. The predicted octanol–water partition coefficient (Wildman–Crippen LogP) is -0.917. The SMILES string of the molecule is CNC(O)OC(=N)[C@@H](C)NC. The molecule has 0 rings (SSSR count). The van der Waals surface area contributed by atoms with Crippen LogP contribution in [0.5, 0.6) is 0 Å². The van der Waals surface area contributed by atoms with Gasteiger partial charge in [0.05, 0.1) is 6.04 Å². The molecule has 5 heteroatoms. The molecule has 0 aromatic heterocycles. The fourth-order valence-electron chi connectivity index (χ4n) is 0.412. The van der Waals surface area contributed by atoms with Crippen molar-refractivity contribution in [2.24, 2.45) is 0 Å². The van der Waals surface area contributed by atoms with Crippen LogP contribution in [0, 0.1) is 5.41 Å². The Balaban J connectivity index is 3.68. The van der Waals surface area contributed by atoms with Gasteiger partial charge in [0.2, 0.25) is 5.90 Å². The molecule has 0 aromatic rings. The lowest BCUT2D eigenvalue weighted by Gasteiger charge is -2.16. The van der Waals surface area contributed by atoms with Gasteiger partial charge in [-0.25, -0.2) is 0 Å². The number of aliphatic hydroxyl groups excluding tert-OH is 1. The fraction of sp³-hybridized carbons (Fsp3) is 0.833. The molecule has 0 amide bonds. The Morgan fingerprint density at radius 1 is 1.45 bits per heavy atom. The van der Waals surface area contributed by atoms with E-state index in [9.17, 15) is 0 Å². The summed E-state index contributed by atoms with van der Waals surface area (Å²) in [6, 6.07) is -0.182. The molecule has 66 valence electrons. The van der Waals surface area contributed by atoms with Gasteiger partial charge in [-0.2, -0.15) is 0 Å². The lowest BCUT2D eigenvalue weighted by molar-refractivity contribution is -0.0517. The Morgan fingerprint density at radius 3 is 2.36 bits per heavy atom. The zero-order chi connectivity index (χ0) is 8.85. The molecular weight excluding hydrogens is 146 g/mol. The van der Waals surface area contributed by atoms with Crippen LogP contribution >= 0.6 is 0 Å². The van der Waals surface area contributed by atoms with Crippen molar-refractivity contribution >= 4 is 5.90 Å². The average molecular weight is 161 g/mol. The number of aliphatic hydroxyl groups is 1. The summed E-state index contributed by atoms with van der Waals surface area (Å²) >= 11 is 0. The first kappa shape index (κ1) is 10.3. The van der Waals surface area contributed by atoms with Crippen molar-refractivity contribution in [2.75, 3.05) is 14.1 Å². The number of likely N-dealkylation sites (N-methyl/N-ethyl adjacent to an activating group) is 1. The number of hydrogen-bond donors (Lipinski definition) is 4. The van der Waals surface area contributed by atoms with E-state index in [0.717, 1.165) is 0 Å². The van der Waals surface area contributed by atoms with Gasteiger partial charge in [0.25, 0.3) is 6.41 Å². The van der Waals surface area contributed by atoms with E-state index in [2.05, 4.69) is 10.6 Å². The summed E-state index contributed by atoms with van der Waals surface area (Å²) in [4.78, 5) is 0. The quantitative estimate of drug-likeness (QED) is 0.244. The van der Waals surface area contributed by atoms with E-state index in [0.29, 0.717) is 0 Å². The maximum Gasteiger partial charge on any atom is 0.258 e. The smallest absolute Gasteiger partial charge is 0.258 e. The van der Waals surface area contributed by atoms with Crippen molar-refractivity contribution in [3.8, 4) is 0 Å². The monoisotopic (exact) mass is 161 g/mol. The summed E-state index contributed by atoms with van der Waals surface area (Å²) in [7, 11) is 3.26. The highest BCUT2D eigenvalue weighted by Gasteiger charge is 2.10. The third-order valence-electron chi connectivity index (χ3n) is 1.31. The zero-order valence-corrected chi connectivity index (χ0v) is 7.01. The topological polar surface area (TPSA) is 77.4 Å². The van der Waals surface area contributed by atoms with Gasteiger partial charge >= 0.3 is 0 Å². The molecule has 0 fully saturated rings. The van der Waals surface area contributed by atoms with Crippen molar-refractivity contribution in [1.29, 1.82) is 5.41 Å². The van der Waals surface area contributed by atoms with E-state index in [-0.39, 0.29) is 11.9 Å². The van der Waals surface area contributed by atoms with Crippen LogP contribution in [0.3, 0.4) is 0 Å². The van der Waals surface area contributed by atoms with Crippen molar-refractivity contribution in [1.82, 2.24) is 10.6 Å². The lowest BCUT2D eigenvalue weighted by Crippen LogP contribution is -2.38. The second-order valence-corrected chi connectivity index (χ2v) is 2.13. The maximum absolute atomic E-state index is 8.87. The van der Waals surface area contributed by atoms with Crippen LogP contribution in [-0.2, 0) is 4.74 Å². The molecule has 0 bridgehead atoms. The molecule has 11 heavy (non-hydrogen) atoms. The number of rotatable bonds is 4. The molecule has 1 unspecified atom stereocenters. The summed E-state index contributed by atoms with van der Waals surface area (Å²) in [6.07, 6.45) is -1.10. The van der Waals surface area contributed by atoms with Crippen molar-refractivity contribution in [3.63, 3.8) is 0 Å². The fourth-order valence-corrected chi connectivity index (χ4v) is 0.412. The van der Waals surface area contributed by atoms with Crippen molar-refractivity contribution in [2.45, 2.75) is 19.4 Å². The number of hydrogen-bond acceptors (Lipinski definition) is 5. The zero-order valence-electron chi connectivity index (χ0n) is 7.01. The van der Waals surface area contributed by atoms with Crippen LogP contribution in [0.2, 0.25) is 0 Å². The van der Waals surface area contributed by atoms with E-state index in [1.165, 1.54) is 0 Å².